The van der Waals surface area contributed by atoms with Crippen molar-refractivity contribution in [3.05, 3.63) is 30.1 Å². The SMILES string of the molecule is CSCc1nc2ccccc2n1CC(=O)N[C@H]1CCCNC1. The molecule has 0 unspecified atom stereocenters. The topological polar surface area (TPSA) is 59.0 Å². The maximum atomic E-state index is 12.4. The fraction of sp³-hybridized carbons (Fsp3) is 0.500. The Morgan fingerprint density at radius 3 is 3.14 bits per heavy atom. The summed E-state index contributed by atoms with van der Waals surface area (Å²) in [7, 11) is 0. The second kappa shape index (κ2) is 7.15. The van der Waals surface area contributed by atoms with Crippen LogP contribution in [0.25, 0.3) is 11.0 Å². The number of para-hydroxylation sites is 2. The summed E-state index contributed by atoms with van der Waals surface area (Å²) in [6, 6.07) is 8.25. The Morgan fingerprint density at radius 2 is 2.36 bits per heavy atom. The summed E-state index contributed by atoms with van der Waals surface area (Å²) in [5.74, 6) is 1.84. The van der Waals surface area contributed by atoms with Gasteiger partial charge in [-0.05, 0) is 37.8 Å². The monoisotopic (exact) mass is 318 g/mol. The molecule has 2 heterocycles. The molecule has 1 aliphatic heterocycles. The van der Waals surface area contributed by atoms with Gasteiger partial charge in [0.1, 0.15) is 12.4 Å². The quantitative estimate of drug-likeness (QED) is 0.882. The van der Waals surface area contributed by atoms with Gasteiger partial charge in [-0.2, -0.15) is 11.8 Å². The van der Waals surface area contributed by atoms with Gasteiger partial charge in [0.15, 0.2) is 0 Å². The fourth-order valence-electron chi connectivity index (χ4n) is 2.93. The predicted molar refractivity (Wildman–Crippen MR) is 91.0 cm³/mol. The third-order valence-corrected chi connectivity index (χ3v) is 4.52. The molecule has 118 valence electrons. The first-order valence-corrected chi connectivity index (χ1v) is 9.10. The Labute approximate surface area is 134 Å². The van der Waals surface area contributed by atoms with E-state index in [1.54, 1.807) is 11.8 Å². The normalized spacial score (nSPS) is 18.5. The maximum absolute atomic E-state index is 12.4. The molecule has 1 fully saturated rings. The molecule has 2 N–H and O–H groups in total. The van der Waals surface area contributed by atoms with Crippen LogP contribution in [0, 0.1) is 0 Å². The van der Waals surface area contributed by atoms with Crippen molar-refractivity contribution in [2.75, 3.05) is 19.3 Å². The molecule has 1 aliphatic rings. The summed E-state index contributed by atoms with van der Waals surface area (Å²) in [5.41, 5.74) is 1.99. The van der Waals surface area contributed by atoms with E-state index in [0.29, 0.717) is 6.54 Å². The molecule has 1 saturated heterocycles. The molecule has 3 rings (SSSR count). The number of carbonyl (C=O) groups is 1. The first kappa shape index (κ1) is 15.4. The van der Waals surface area contributed by atoms with Crippen LogP contribution in [0.15, 0.2) is 24.3 Å². The van der Waals surface area contributed by atoms with E-state index in [9.17, 15) is 4.79 Å². The molecule has 0 bridgehead atoms. The predicted octanol–water partition coefficient (Wildman–Crippen LogP) is 1.77. The Hall–Kier alpha value is -1.53. The second-order valence-corrected chi connectivity index (χ2v) is 6.51. The number of benzene rings is 1. The first-order chi connectivity index (χ1) is 10.8. The van der Waals surface area contributed by atoms with Crippen LogP contribution in [0.5, 0.6) is 0 Å². The summed E-state index contributed by atoms with van der Waals surface area (Å²) in [6.45, 7) is 2.26. The van der Waals surface area contributed by atoms with Crippen molar-refractivity contribution in [2.24, 2.45) is 0 Å². The largest absolute Gasteiger partial charge is 0.351 e. The van der Waals surface area contributed by atoms with Crippen LogP contribution in [-0.2, 0) is 17.1 Å². The zero-order valence-corrected chi connectivity index (χ0v) is 13.7. The van der Waals surface area contributed by atoms with Gasteiger partial charge < -0.3 is 15.2 Å². The molecule has 6 heteroatoms. The number of carbonyl (C=O) groups excluding carboxylic acids is 1. The van der Waals surface area contributed by atoms with Crippen LogP contribution in [-0.4, -0.2) is 40.8 Å². The van der Waals surface area contributed by atoms with E-state index < -0.39 is 0 Å². The highest BCUT2D eigenvalue weighted by Gasteiger charge is 2.17. The standard InChI is InChI=1S/C16H22N4OS/c1-22-11-15-19-13-6-2-3-7-14(13)20(15)10-16(21)18-12-5-4-8-17-9-12/h2-3,6-7,12,17H,4-5,8-11H2,1H3,(H,18,21)/t12-/m0/s1. The summed E-state index contributed by atoms with van der Waals surface area (Å²) in [6.07, 6.45) is 4.23. The number of hydrogen-bond donors (Lipinski definition) is 2. The Balaban J connectivity index is 1.76. The van der Waals surface area contributed by atoms with Gasteiger partial charge in [-0.1, -0.05) is 12.1 Å². The summed E-state index contributed by atoms with van der Waals surface area (Å²) < 4.78 is 2.04. The molecule has 0 radical (unpaired) electrons. The lowest BCUT2D eigenvalue weighted by molar-refractivity contribution is -0.122. The van der Waals surface area contributed by atoms with E-state index in [0.717, 1.165) is 48.5 Å². The van der Waals surface area contributed by atoms with E-state index in [1.165, 1.54) is 0 Å². The molecule has 1 atom stereocenters. The average Bonchev–Trinajstić information content (AvgIpc) is 2.86. The maximum Gasteiger partial charge on any atom is 0.240 e. The number of hydrogen-bond acceptors (Lipinski definition) is 4. The fourth-order valence-corrected chi connectivity index (χ4v) is 3.41. The molecule has 0 saturated carbocycles. The highest BCUT2D eigenvalue weighted by atomic mass is 32.2. The van der Waals surface area contributed by atoms with Crippen molar-refractivity contribution in [2.45, 2.75) is 31.2 Å². The number of rotatable bonds is 5. The minimum absolute atomic E-state index is 0.0687. The van der Waals surface area contributed by atoms with Crippen molar-refractivity contribution in [1.82, 2.24) is 20.2 Å². The molecule has 2 aromatic rings. The van der Waals surface area contributed by atoms with Gasteiger partial charge in [0.05, 0.1) is 16.8 Å². The highest BCUT2D eigenvalue weighted by Crippen LogP contribution is 2.18. The summed E-state index contributed by atoms with van der Waals surface area (Å²) in [5, 5.41) is 6.46. The van der Waals surface area contributed by atoms with Crippen LogP contribution >= 0.6 is 11.8 Å². The van der Waals surface area contributed by atoms with E-state index in [2.05, 4.69) is 21.9 Å². The van der Waals surface area contributed by atoms with Crippen molar-refractivity contribution >= 4 is 28.7 Å². The molecular weight excluding hydrogens is 296 g/mol. The van der Waals surface area contributed by atoms with Gasteiger partial charge in [0.25, 0.3) is 0 Å². The van der Waals surface area contributed by atoms with Crippen LogP contribution < -0.4 is 10.6 Å². The number of imidazole rings is 1. The van der Waals surface area contributed by atoms with Gasteiger partial charge >= 0.3 is 0 Å². The Morgan fingerprint density at radius 1 is 1.50 bits per heavy atom. The van der Waals surface area contributed by atoms with Gasteiger partial charge in [0, 0.05) is 12.6 Å². The number of thioether (sulfide) groups is 1. The number of nitrogens with zero attached hydrogens (tertiary/aromatic N) is 2. The van der Waals surface area contributed by atoms with Gasteiger partial charge in [-0.3, -0.25) is 4.79 Å². The van der Waals surface area contributed by atoms with E-state index in [4.69, 9.17) is 0 Å². The van der Waals surface area contributed by atoms with Gasteiger partial charge in [-0.15, -0.1) is 0 Å². The van der Waals surface area contributed by atoms with Crippen LogP contribution in [0.3, 0.4) is 0 Å². The van der Waals surface area contributed by atoms with Crippen molar-refractivity contribution < 1.29 is 4.79 Å². The van der Waals surface area contributed by atoms with E-state index >= 15 is 0 Å². The molecule has 5 nitrogen and oxygen atoms in total. The number of piperidine rings is 1. The minimum Gasteiger partial charge on any atom is -0.351 e. The lowest BCUT2D eigenvalue weighted by atomic mass is 10.1. The third kappa shape index (κ3) is 3.44. The molecule has 0 spiro atoms. The van der Waals surface area contributed by atoms with Crippen LogP contribution in [0.1, 0.15) is 18.7 Å². The Kier molecular flexibility index (Phi) is 5.00. The number of amides is 1. The molecule has 1 aromatic heterocycles. The lowest BCUT2D eigenvalue weighted by Crippen LogP contribution is -2.46. The van der Waals surface area contributed by atoms with Crippen molar-refractivity contribution in [3.8, 4) is 0 Å². The highest BCUT2D eigenvalue weighted by molar-refractivity contribution is 7.97. The lowest BCUT2D eigenvalue weighted by Gasteiger charge is -2.24. The molecule has 1 aromatic carbocycles. The van der Waals surface area contributed by atoms with Crippen LogP contribution in [0.4, 0.5) is 0 Å². The molecule has 22 heavy (non-hydrogen) atoms. The van der Waals surface area contributed by atoms with Crippen LogP contribution in [0.2, 0.25) is 0 Å². The minimum atomic E-state index is 0.0687. The number of aromatic nitrogens is 2. The van der Waals surface area contributed by atoms with E-state index in [1.807, 2.05) is 28.8 Å². The summed E-state index contributed by atoms with van der Waals surface area (Å²) in [4.78, 5) is 17.0. The first-order valence-electron chi connectivity index (χ1n) is 7.71. The molecule has 1 amide bonds. The smallest absolute Gasteiger partial charge is 0.240 e. The van der Waals surface area contributed by atoms with Crippen molar-refractivity contribution in [1.29, 1.82) is 0 Å². The molecular formula is C16H22N4OS. The van der Waals surface area contributed by atoms with Gasteiger partial charge in [0.2, 0.25) is 5.91 Å². The van der Waals surface area contributed by atoms with E-state index in [-0.39, 0.29) is 11.9 Å². The summed E-state index contributed by atoms with van der Waals surface area (Å²) >= 11 is 1.72. The number of fused-ring (bicyclic) bond motifs is 1. The second-order valence-electron chi connectivity index (χ2n) is 5.65. The number of nitrogens with one attached hydrogen (secondary N) is 2. The van der Waals surface area contributed by atoms with Gasteiger partial charge in [-0.25, -0.2) is 4.98 Å². The molecule has 0 aliphatic carbocycles. The zero-order valence-electron chi connectivity index (χ0n) is 12.8. The Bertz CT molecular complexity index is 649. The third-order valence-electron chi connectivity index (χ3n) is 3.97. The average molecular weight is 318 g/mol. The van der Waals surface area contributed by atoms with Crippen molar-refractivity contribution in [3.63, 3.8) is 0 Å². The zero-order chi connectivity index (χ0) is 15.4.